The first-order valence-electron chi connectivity index (χ1n) is 4.64. The van der Waals surface area contributed by atoms with Gasteiger partial charge in [0.05, 0.1) is 7.11 Å². The molecule has 13 heavy (non-hydrogen) atoms. The molecule has 0 aromatic rings. The largest absolute Gasteiger partial charge is 0.469 e. The molecule has 1 heterocycles. The van der Waals surface area contributed by atoms with Crippen LogP contribution in [-0.4, -0.2) is 30.6 Å². The maximum atomic E-state index is 10.9. The smallest absolute Gasteiger partial charge is 0.305 e. The molecule has 1 aliphatic rings. The average Bonchev–Trinajstić information content (AvgIpc) is 2.16. The molecule has 2 atom stereocenters. The molecular weight excluding hydrogens is 186 g/mol. The summed E-state index contributed by atoms with van der Waals surface area (Å²) in [6, 6.07) is 0.267. The highest BCUT2D eigenvalue weighted by Crippen LogP contribution is 2.25. The number of rotatable bonds is 3. The van der Waals surface area contributed by atoms with Crippen LogP contribution in [0.25, 0.3) is 0 Å². The Morgan fingerprint density at radius 3 is 3.08 bits per heavy atom. The van der Waals surface area contributed by atoms with Gasteiger partial charge in [-0.15, -0.1) is 0 Å². The van der Waals surface area contributed by atoms with Gasteiger partial charge in [-0.1, -0.05) is 0 Å². The van der Waals surface area contributed by atoms with Crippen LogP contribution in [0.1, 0.15) is 19.3 Å². The lowest BCUT2D eigenvalue weighted by Gasteiger charge is -2.27. The van der Waals surface area contributed by atoms with Gasteiger partial charge >= 0.3 is 5.97 Å². The van der Waals surface area contributed by atoms with E-state index in [4.69, 9.17) is 5.73 Å². The summed E-state index contributed by atoms with van der Waals surface area (Å²) in [7, 11) is 1.43. The first kappa shape index (κ1) is 10.9. The Morgan fingerprint density at radius 1 is 1.69 bits per heavy atom. The summed E-state index contributed by atoms with van der Waals surface area (Å²) in [5.41, 5.74) is 5.93. The second kappa shape index (κ2) is 5.50. The Balaban J connectivity index is 2.22. The van der Waals surface area contributed by atoms with Gasteiger partial charge in [0.15, 0.2) is 0 Å². The molecule has 0 aromatic carbocycles. The predicted molar refractivity (Wildman–Crippen MR) is 54.7 cm³/mol. The fraction of sp³-hybridized carbons (Fsp3) is 0.889. The fourth-order valence-corrected chi connectivity index (χ4v) is 2.75. The molecule has 1 saturated heterocycles. The van der Waals surface area contributed by atoms with Crippen molar-refractivity contribution in [2.75, 3.05) is 18.6 Å². The summed E-state index contributed by atoms with van der Waals surface area (Å²) in [4.78, 5) is 10.9. The van der Waals surface area contributed by atoms with Crippen molar-refractivity contribution in [3.8, 4) is 0 Å². The van der Waals surface area contributed by atoms with E-state index in [1.807, 2.05) is 11.8 Å². The maximum Gasteiger partial charge on any atom is 0.305 e. The Kier molecular flexibility index (Phi) is 4.59. The second-order valence-corrected chi connectivity index (χ2v) is 4.55. The summed E-state index contributed by atoms with van der Waals surface area (Å²) in [5.74, 6) is 2.61. The van der Waals surface area contributed by atoms with Gasteiger partial charge < -0.3 is 10.5 Å². The Hall–Kier alpha value is -0.220. The Labute approximate surface area is 83.4 Å². The minimum absolute atomic E-state index is 0.120. The van der Waals surface area contributed by atoms with Crippen molar-refractivity contribution in [2.24, 2.45) is 11.7 Å². The zero-order chi connectivity index (χ0) is 9.68. The van der Waals surface area contributed by atoms with Crippen molar-refractivity contribution in [1.29, 1.82) is 0 Å². The lowest BCUT2D eigenvalue weighted by atomic mass is 9.93. The zero-order valence-corrected chi connectivity index (χ0v) is 8.81. The van der Waals surface area contributed by atoms with Crippen molar-refractivity contribution >= 4 is 17.7 Å². The van der Waals surface area contributed by atoms with Crippen molar-refractivity contribution in [1.82, 2.24) is 0 Å². The summed E-state index contributed by atoms with van der Waals surface area (Å²) in [6.07, 6.45) is 2.54. The molecular formula is C9H17NO2S. The van der Waals surface area contributed by atoms with Crippen LogP contribution in [-0.2, 0) is 9.53 Å². The first-order valence-corrected chi connectivity index (χ1v) is 5.79. The molecule has 76 valence electrons. The van der Waals surface area contributed by atoms with E-state index in [-0.39, 0.29) is 12.0 Å². The molecule has 0 amide bonds. The summed E-state index contributed by atoms with van der Waals surface area (Å²) in [5, 5.41) is 0. The highest BCUT2D eigenvalue weighted by Gasteiger charge is 2.22. The second-order valence-electron chi connectivity index (χ2n) is 3.40. The van der Waals surface area contributed by atoms with Gasteiger partial charge in [-0.25, -0.2) is 0 Å². The number of carbonyl (C=O) groups excluding carboxylic acids is 1. The van der Waals surface area contributed by atoms with E-state index in [0.717, 1.165) is 18.6 Å². The number of methoxy groups -OCH3 is 1. The number of esters is 1. The van der Waals surface area contributed by atoms with Crippen LogP contribution in [0.15, 0.2) is 0 Å². The Bertz CT molecular complexity index is 175. The summed E-state index contributed by atoms with van der Waals surface area (Å²) >= 11 is 1.91. The minimum atomic E-state index is -0.120. The molecule has 1 rings (SSSR count). The first-order chi connectivity index (χ1) is 6.24. The number of thioether (sulfide) groups is 1. The van der Waals surface area contributed by atoms with E-state index in [1.165, 1.54) is 12.9 Å². The molecule has 0 spiro atoms. The number of nitrogens with two attached hydrogens (primary N) is 1. The van der Waals surface area contributed by atoms with Crippen LogP contribution < -0.4 is 5.73 Å². The number of carbonyl (C=O) groups is 1. The van der Waals surface area contributed by atoms with Crippen LogP contribution in [0.3, 0.4) is 0 Å². The van der Waals surface area contributed by atoms with Crippen molar-refractivity contribution < 1.29 is 9.53 Å². The minimum Gasteiger partial charge on any atom is -0.469 e. The molecule has 0 saturated carbocycles. The highest BCUT2D eigenvalue weighted by atomic mass is 32.2. The van der Waals surface area contributed by atoms with E-state index < -0.39 is 0 Å². The van der Waals surface area contributed by atoms with E-state index in [0.29, 0.717) is 12.3 Å². The number of hydrogen-bond acceptors (Lipinski definition) is 4. The van der Waals surface area contributed by atoms with Crippen molar-refractivity contribution in [3.05, 3.63) is 0 Å². The van der Waals surface area contributed by atoms with Gasteiger partial charge in [0.1, 0.15) is 0 Å². The molecule has 1 aliphatic heterocycles. The third-order valence-corrected chi connectivity index (χ3v) is 3.64. The van der Waals surface area contributed by atoms with E-state index >= 15 is 0 Å². The summed E-state index contributed by atoms with van der Waals surface area (Å²) < 4.78 is 4.59. The Morgan fingerprint density at radius 2 is 2.46 bits per heavy atom. The lowest BCUT2D eigenvalue weighted by molar-refractivity contribution is -0.140. The van der Waals surface area contributed by atoms with Crippen LogP contribution >= 0.6 is 11.8 Å². The molecule has 2 unspecified atom stereocenters. The quantitative estimate of drug-likeness (QED) is 0.696. The molecule has 3 nitrogen and oxygen atoms in total. The van der Waals surface area contributed by atoms with Gasteiger partial charge in [-0.05, 0) is 24.5 Å². The molecule has 0 aliphatic carbocycles. The number of ether oxygens (including phenoxy) is 1. The van der Waals surface area contributed by atoms with E-state index in [2.05, 4.69) is 4.74 Å². The van der Waals surface area contributed by atoms with Crippen LogP contribution in [0.4, 0.5) is 0 Å². The summed E-state index contributed by atoms with van der Waals surface area (Å²) in [6.45, 7) is 0. The predicted octanol–water partition coefficient (Wildman–Crippen LogP) is 1.02. The lowest BCUT2D eigenvalue weighted by Crippen LogP contribution is -2.36. The fourth-order valence-electron chi connectivity index (χ4n) is 1.57. The molecule has 0 radical (unpaired) electrons. The molecule has 0 aromatic heterocycles. The third kappa shape index (κ3) is 3.56. The average molecular weight is 203 g/mol. The molecule has 2 N–H and O–H groups in total. The molecule has 1 fully saturated rings. The monoisotopic (exact) mass is 203 g/mol. The van der Waals surface area contributed by atoms with Crippen molar-refractivity contribution in [3.63, 3.8) is 0 Å². The number of hydrogen-bond donors (Lipinski definition) is 1. The topological polar surface area (TPSA) is 52.3 Å². The standard InChI is InChI=1S/C9H17NO2S/c1-12-9(11)3-2-7-4-5-13-6-8(7)10/h7-8H,2-6,10H2,1H3. The van der Waals surface area contributed by atoms with Crippen LogP contribution in [0.5, 0.6) is 0 Å². The highest BCUT2D eigenvalue weighted by molar-refractivity contribution is 7.99. The molecule has 4 heteroatoms. The zero-order valence-electron chi connectivity index (χ0n) is 7.99. The van der Waals surface area contributed by atoms with Gasteiger partial charge in [0.2, 0.25) is 0 Å². The van der Waals surface area contributed by atoms with Crippen LogP contribution in [0, 0.1) is 5.92 Å². The molecule has 0 bridgehead atoms. The van der Waals surface area contributed by atoms with Gasteiger partial charge in [0.25, 0.3) is 0 Å². The van der Waals surface area contributed by atoms with Gasteiger partial charge in [-0.3, -0.25) is 4.79 Å². The van der Waals surface area contributed by atoms with Gasteiger partial charge in [0, 0.05) is 18.2 Å². The van der Waals surface area contributed by atoms with E-state index in [9.17, 15) is 4.79 Å². The normalized spacial score (nSPS) is 28.5. The maximum absolute atomic E-state index is 10.9. The van der Waals surface area contributed by atoms with Crippen molar-refractivity contribution in [2.45, 2.75) is 25.3 Å². The SMILES string of the molecule is COC(=O)CCC1CCSCC1N. The third-order valence-electron chi connectivity index (χ3n) is 2.50. The van der Waals surface area contributed by atoms with Gasteiger partial charge in [-0.2, -0.15) is 11.8 Å². The van der Waals surface area contributed by atoms with E-state index in [1.54, 1.807) is 0 Å². The van der Waals surface area contributed by atoms with Crippen LogP contribution in [0.2, 0.25) is 0 Å².